The second-order valence-corrected chi connectivity index (χ2v) is 2.99. The van der Waals surface area contributed by atoms with E-state index in [0.29, 0.717) is 5.92 Å². The normalized spacial score (nSPS) is 29.3. The van der Waals surface area contributed by atoms with Crippen molar-refractivity contribution < 1.29 is 9.90 Å². The number of allylic oxidation sites excluding steroid dienone is 1. The summed E-state index contributed by atoms with van der Waals surface area (Å²) in [5, 5.41) is 8.38. The van der Waals surface area contributed by atoms with Crippen molar-refractivity contribution in [1.29, 1.82) is 0 Å². The van der Waals surface area contributed by atoms with Gasteiger partial charge in [0, 0.05) is 6.08 Å². The largest absolute Gasteiger partial charge is 0.478 e. The molecule has 0 saturated heterocycles. The Morgan fingerprint density at radius 2 is 2.50 bits per heavy atom. The van der Waals surface area contributed by atoms with E-state index < -0.39 is 5.97 Å². The highest BCUT2D eigenvalue weighted by Gasteiger charge is 2.14. The second kappa shape index (κ2) is 2.86. The predicted octanol–water partition coefficient (Wildman–Crippen LogP) is 1.82. The molecule has 1 rings (SSSR count). The van der Waals surface area contributed by atoms with Gasteiger partial charge in [-0.2, -0.15) is 0 Å². The van der Waals surface area contributed by atoms with E-state index in [1.54, 1.807) is 0 Å². The van der Waals surface area contributed by atoms with Gasteiger partial charge in [-0.25, -0.2) is 4.79 Å². The van der Waals surface area contributed by atoms with Gasteiger partial charge >= 0.3 is 5.97 Å². The zero-order chi connectivity index (χ0) is 7.56. The summed E-state index contributed by atoms with van der Waals surface area (Å²) >= 11 is 0. The van der Waals surface area contributed by atoms with E-state index in [2.05, 4.69) is 6.92 Å². The summed E-state index contributed by atoms with van der Waals surface area (Å²) in [6.45, 7) is 2.16. The molecule has 0 spiro atoms. The molecule has 0 heterocycles. The Morgan fingerprint density at radius 3 is 2.90 bits per heavy atom. The summed E-state index contributed by atoms with van der Waals surface area (Å²) in [5.41, 5.74) is 1.10. The maximum absolute atomic E-state index is 10.2. The first kappa shape index (κ1) is 7.32. The fourth-order valence-corrected chi connectivity index (χ4v) is 1.39. The van der Waals surface area contributed by atoms with Crippen LogP contribution in [-0.2, 0) is 4.79 Å². The molecule has 0 aromatic heterocycles. The first-order valence-corrected chi connectivity index (χ1v) is 3.61. The number of carbonyl (C=O) groups is 1. The average Bonchev–Trinajstić information content (AvgIpc) is 2.13. The Hall–Kier alpha value is -0.790. The maximum Gasteiger partial charge on any atom is 0.328 e. The lowest BCUT2D eigenvalue weighted by atomic mass is 10.1. The third kappa shape index (κ3) is 1.87. The lowest BCUT2D eigenvalue weighted by molar-refractivity contribution is -0.131. The Kier molecular flexibility index (Phi) is 2.10. The van der Waals surface area contributed by atoms with Crippen molar-refractivity contribution in [3.63, 3.8) is 0 Å². The molecule has 0 aromatic rings. The molecule has 0 unspecified atom stereocenters. The average molecular weight is 140 g/mol. The van der Waals surface area contributed by atoms with Crippen molar-refractivity contribution in [2.45, 2.75) is 26.2 Å². The van der Waals surface area contributed by atoms with E-state index in [9.17, 15) is 4.79 Å². The van der Waals surface area contributed by atoms with Crippen molar-refractivity contribution >= 4 is 5.97 Å². The van der Waals surface area contributed by atoms with Crippen LogP contribution in [0, 0.1) is 5.92 Å². The monoisotopic (exact) mass is 140 g/mol. The third-order valence-corrected chi connectivity index (χ3v) is 1.90. The highest BCUT2D eigenvalue weighted by molar-refractivity contribution is 5.80. The van der Waals surface area contributed by atoms with Crippen molar-refractivity contribution in [1.82, 2.24) is 0 Å². The van der Waals surface area contributed by atoms with E-state index in [4.69, 9.17) is 5.11 Å². The molecule has 1 atom stereocenters. The van der Waals surface area contributed by atoms with Gasteiger partial charge in [0.2, 0.25) is 0 Å². The predicted molar refractivity (Wildman–Crippen MR) is 38.7 cm³/mol. The van der Waals surface area contributed by atoms with Crippen LogP contribution in [-0.4, -0.2) is 11.1 Å². The van der Waals surface area contributed by atoms with Crippen LogP contribution in [0.4, 0.5) is 0 Å². The molecule has 2 heteroatoms. The highest BCUT2D eigenvalue weighted by Crippen LogP contribution is 2.29. The van der Waals surface area contributed by atoms with Crippen LogP contribution >= 0.6 is 0 Å². The fourth-order valence-electron chi connectivity index (χ4n) is 1.39. The van der Waals surface area contributed by atoms with Crippen molar-refractivity contribution in [3.8, 4) is 0 Å². The molecule has 1 aliphatic carbocycles. The number of hydrogen-bond acceptors (Lipinski definition) is 1. The Morgan fingerprint density at radius 1 is 1.80 bits per heavy atom. The highest BCUT2D eigenvalue weighted by atomic mass is 16.4. The summed E-state index contributed by atoms with van der Waals surface area (Å²) in [7, 11) is 0. The SMILES string of the molecule is C[C@H]1CC/C(=C/C(=O)O)C1. The van der Waals surface area contributed by atoms with Crippen molar-refractivity contribution in [2.24, 2.45) is 5.92 Å². The number of hydrogen-bond donors (Lipinski definition) is 1. The van der Waals surface area contributed by atoms with Gasteiger partial charge < -0.3 is 5.11 Å². The maximum atomic E-state index is 10.2. The standard InChI is InChI=1S/C8H12O2/c1-6-2-3-7(4-6)5-8(9)10/h5-6H,2-4H2,1H3,(H,9,10)/b7-5-/t6-/m0/s1. The Labute approximate surface area is 60.6 Å². The van der Waals surface area contributed by atoms with Gasteiger partial charge in [-0.3, -0.25) is 0 Å². The number of aliphatic carboxylic acids is 1. The van der Waals surface area contributed by atoms with Crippen LogP contribution in [0.15, 0.2) is 11.6 Å². The van der Waals surface area contributed by atoms with Crippen LogP contribution in [0.25, 0.3) is 0 Å². The van der Waals surface area contributed by atoms with E-state index in [1.165, 1.54) is 6.08 Å². The summed E-state index contributed by atoms with van der Waals surface area (Å²) in [6, 6.07) is 0. The third-order valence-electron chi connectivity index (χ3n) is 1.90. The summed E-state index contributed by atoms with van der Waals surface area (Å²) in [5.74, 6) is -0.116. The molecule has 1 aliphatic rings. The molecule has 56 valence electrons. The topological polar surface area (TPSA) is 37.3 Å². The summed E-state index contributed by atoms with van der Waals surface area (Å²) in [4.78, 5) is 10.2. The molecule has 1 fully saturated rings. The summed E-state index contributed by atoms with van der Waals surface area (Å²) in [6.07, 6.45) is 4.46. The molecule has 0 aromatic carbocycles. The van der Waals surface area contributed by atoms with Gasteiger partial charge in [0.1, 0.15) is 0 Å². The number of rotatable bonds is 1. The van der Waals surface area contributed by atoms with Crippen LogP contribution < -0.4 is 0 Å². The molecular formula is C8H12O2. The van der Waals surface area contributed by atoms with E-state index in [1.807, 2.05) is 0 Å². The van der Waals surface area contributed by atoms with E-state index >= 15 is 0 Å². The van der Waals surface area contributed by atoms with Crippen molar-refractivity contribution in [2.75, 3.05) is 0 Å². The Balaban J connectivity index is 2.51. The molecule has 0 aliphatic heterocycles. The molecule has 2 nitrogen and oxygen atoms in total. The van der Waals surface area contributed by atoms with Crippen LogP contribution in [0.2, 0.25) is 0 Å². The smallest absolute Gasteiger partial charge is 0.328 e. The fraction of sp³-hybridized carbons (Fsp3) is 0.625. The van der Waals surface area contributed by atoms with E-state index in [-0.39, 0.29) is 0 Å². The molecule has 0 radical (unpaired) electrons. The first-order chi connectivity index (χ1) is 4.68. The summed E-state index contributed by atoms with van der Waals surface area (Å²) < 4.78 is 0. The Bertz CT molecular complexity index is 170. The van der Waals surface area contributed by atoms with Gasteiger partial charge in [-0.05, 0) is 25.2 Å². The molecular weight excluding hydrogens is 128 g/mol. The molecule has 1 N–H and O–H groups in total. The van der Waals surface area contributed by atoms with Crippen LogP contribution in [0.1, 0.15) is 26.2 Å². The van der Waals surface area contributed by atoms with Crippen molar-refractivity contribution in [3.05, 3.63) is 11.6 Å². The lowest BCUT2D eigenvalue weighted by Gasteiger charge is -1.93. The zero-order valence-electron chi connectivity index (χ0n) is 6.13. The minimum atomic E-state index is -0.802. The minimum Gasteiger partial charge on any atom is -0.478 e. The van der Waals surface area contributed by atoms with Gasteiger partial charge in [0.25, 0.3) is 0 Å². The quantitative estimate of drug-likeness (QED) is 0.564. The minimum absolute atomic E-state index is 0.686. The van der Waals surface area contributed by atoms with Gasteiger partial charge in [-0.1, -0.05) is 12.5 Å². The van der Waals surface area contributed by atoms with Crippen LogP contribution in [0.3, 0.4) is 0 Å². The van der Waals surface area contributed by atoms with E-state index in [0.717, 1.165) is 24.8 Å². The van der Waals surface area contributed by atoms with Crippen LogP contribution in [0.5, 0.6) is 0 Å². The molecule has 10 heavy (non-hydrogen) atoms. The molecule has 0 bridgehead atoms. The van der Waals surface area contributed by atoms with Gasteiger partial charge in [-0.15, -0.1) is 0 Å². The molecule has 1 saturated carbocycles. The van der Waals surface area contributed by atoms with Gasteiger partial charge in [0.05, 0.1) is 0 Å². The lowest BCUT2D eigenvalue weighted by Crippen LogP contribution is -1.89. The number of carboxylic acids is 1. The zero-order valence-corrected chi connectivity index (χ0v) is 6.13. The molecule has 0 amide bonds. The first-order valence-electron chi connectivity index (χ1n) is 3.61. The van der Waals surface area contributed by atoms with Gasteiger partial charge in [0.15, 0.2) is 0 Å². The second-order valence-electron chi connectivity index (χ2n) is 2.99. The number of carboxylic acid groups (broad SMARTS) is 1.